The van der Waals surface area contributed by atoms with E-state index < -0.39 is 11.3 Å². The summed E-state index contributed by atoms with van der Waals surface area (Å²) in [6.07, 6.45) is 1.36. The molecule has 3 aromatic heterocycles. The van der Waals surface area contributed by atoms with Gasteiger partial charge in [0.2, 0.25) is 0 Å². The monoisotopic (exact) mass is 560 g/mol. The topological polar surface area (TPSA) is 93.5 Å². The minimum Gasteiger partial charge on any atom is -0.444 e. The summed E-state index contributed by atoms with van der Waals surface area (Å²) in [6, 6.07) is 3.21. The summed E-state index contributed by atoms with van der Waals surface area (Å²) in [7, 11) is 0. The Morgan fingerprint density at radius 2 is 1.76 bits per heavy atom. The lowest BCUT2D eigenvalue weighted by atomic mass is 10.0. The number of fused-ring (bicyclic) bond motifs is 1. The van der Waals surface area contributed by atoms with Crippen LogP contribution in [0.15, 0.2) is 23.1 Å². The van der Waals surface area contributed by atoms with Crippen LogP contribution in [0.4, 0.5) is 10.6 Å². The zero-order chi connectivity index (χ0) is 28.1. The summed E-state index contributed by atoms with van der Waals surface area (Å²) >= 11 is 12.8. The molecule has 0 saturated carbocycles. The Kier molecular flexibility index (Phi) is 7.65. The summed E-state index contributed by atoms with van der Waals surface area (Å²) in [5, 5.41) is 0.932. The van der Waals surface area contributed by atoms with Gasteiger partial charge in [0.25, 0.3) is 0 Å². The number of hydrogen-bond acceptors (Lipinski definition) is 7. The van der Waals surface area contributed by atoms with Crippen LogP contribution in [0, 0.1) is 6.92 Å². The van der Waals surface area contributed by atoms with Crippen LogP contribution in [-0.4, -0.2) is 61.3 Å². The van der Waals surface area contributed by atoms with Crippen molar-refractivity contribution in [2.75, 3.05) is 18.0 Å². The van der Waals surface area contributed by atoms with E-state index in [9.17, 15) is 9.59 Å². The molecule has 9 nitrogen and oxygen atoms in total. The Balaban J connectivity index is 1.89. The molecule has 1 saturated heterocycles. The first-order valence-electron chi connectivity index (χ1n) is 12.7. The number of amides is 1. The molecule has 1 fully saturated rings. The molecule has 11 heteroatoms. The number of carbonyl (C=O) groups is 1. The third-order valence-corrected chi connectivity index (χ3v) is 7.17. The molecule has 4 heterocycles. The smallest absolute Gasteiger partial charge is 0.410 e. The average molecular weight is 562 g/mol. The van der Waals surface area contributed by atoms with Gasteiger partial charge >= 0.3 is 11.8 Å². The molecule has 38 heavy (non-hydrogen) atoms. The van der Waals surface area contributed by atoms with Crippen molar-refractivity contribution in [3.63, 3.8) is 0 Å². The van der Waals surface area contributed by atoms with Crippen molar-refractivity contribution in [1.29, 1.82) is 0 Å². The quantitative estimate of drug-likeness (QED) is 0.376. The highest BCUT2D eigenvalue weighted by Crippen LogP contribution is 2.35. The van der Waals surface area contributed by atoms with Crippen LogP contribution in [0.5, 0.6) is 0 Å². The summed E-state index contributed by atoms with van der Waals surface area (Å²) in [5.74, 6) is 0.499. The zero-order valence-electron chi connectivity index (χ0n) is 23.0. The van der Waals surface area contributed by atoms with Crippen molar-refractivity contribution < 1.29 is 9.53 Å². The maximum atomic E-state index is 13.8. The predicted octanol–water partition coefficient (Wildman–Crippen LogP) is 5.75. The third-order valence-electron chi connectivity index (χ3n) is 6.50. The molecule has 0 N–H and O–H groups in total. The first kappa shape index (κ1) is 28.1. The van der Waals surface area contributed by atoms with Gasteiger partial charge in [-0.3, -0.25) is 4.98 Å². The second kappa shape index (κ2) is 10.3. The minimum absolute atomic E-state index is 0.0512. The van der Waals surface area contributed by atoms with Crippen molar-refractivity contribution >= 4 is 46.1 Å². The van der Waals surface area contributed by atoms with Gasteiger partial charge in [-0.15, -0.1) is 0 Å². The third kappa shape index (κ3) is 5.31. The van der Waals surface area contributed by atoms with Gasteiger partial charge < -0.3 is 14.5 Å². The molecular formula is C27H34Cl2N6O3. The summed E-state index contributed by atoms with van der Waals surface area (Å²) in [5.41, 5.74) is 1.51. The van der Waals surface area contributed by atoms with Gasteiger partial charge in [0.05, 0.1) is 21.8 Å². The van der Waals surface area contributed by atoms with Crippen molar-refractivity contribution in [1.82, 2.24) is 24.4 Å². The molecule has 0 radical (unpaired) electrons. The van der Waals surface area contributed by atoms with Gasteiger partial charge in [-0.25, -0.2) is 19.1 Å². The second-order valence-corrected chi connectivity index (χ2v) is 12.0. The number of rotatable bonds is 3. The second-order valence-electron chi connectivity index (χ2n) is 11.2. The van der Waals surface area contributed by atoms with Gasteiger partial charge in [-0.1, -0.05) is 37.0 Å². The number of ether oxygens (including phenoxy) is 1. The van der Waals surface area contributed by atoms with Gasteiger partial charge in [0.15, 0.2) is 5.65 Å². The standard InChI is InChI=1S/C27H34Cl2N6O3/c1-14(2)20-21(15(3)9-10-30-20)35-23-18(11-19(28)22(29)31-23)24(32-25(35)36)34-16(4)12-33(13-17(34)5)26(37)38-27(6,7)8/h9-11,14,16-17H,12-13H2,1-8H3/t16-,17+. The van der Waals surface area contributed by atoms with Crippen LogP contribution < -0.4 is 10.6 Å². The number of aromatic nitrogens is 4. The largest absolute Gasteiger partial charge is 0.444 e. The SMILES string of the molecule is Cc1ccnc(C(C)C)c1-n1c(=O)nc(N2[C@H](C)CN(C(=O)OC(C)(C)C)C[C@@H]2C)c2cc(Cl)c(Cl)nc21. The molecule has 3 aromatic rings. The van der Waals surface area contributed by atoms with Crippen molar-refractivity contribution in [3.8, 4) is 5.69 Å². The van der Waals surface area contributed by atoms with E-state index in [-0.39, 0.29) is 34.3 Å². The Morgan fingerprint density at radius 1 is 1.13 bits per heavy atom. The number of nitrogens with zero attached hydrogens (tertiary/aromatic N) is 6. The van der Waals surface area contributed by atoms with E-state index in [1.165, 1.54) is 4.57 Å². The minimum atomic E-state index is -0.593. The molecule has 0 unspecified atom stereocenters. The van der Waals surface area contributed by atoms with E-state index in [0.717, 1.165) is 11.3 Å². The normalized spacial score (nSPS) is 18.4. The predicted molar refractivity (Wildman–Crippen MR) is 151 cm³/mol. The molecule has 0 aliphatic carbocycles. The Labute approximate surface area is 232 Å². The number of halogens is 2. The lowest BCUT2D eigenvalue weighted by molar-refractivity contribution is 0.0192. The van der Waals surface area contributed by atoms with Crippen LogP contribution >= 0.6 is 23.2 Å². The fourth-order valence-corrected chi connectivity index (χ4v) is 5.27. The summed E-state index contributed by atoms with van der Waals surface area (Å²) < 4.78 is 7.07. The number of carbonyl (C=O) groups excluding carboxylic acids is 1. The van der Waals surface area contributed by atoms with E-state index in [2.05, 4.69) is 15.0 Å². The highest BCUT2D eigenvalue weighted by atomic mass is 35.5. The lowest BCUT2D eigenvalue weighted by Crippen LogP contribution is -2.59. The maximum Gasteiger partial charge on any atom is 0.410 e. The summed E-state index contributed by atoms with van der Waals surface area (Å²) in [4.78, 5) is 44.0. The molecule has 0 spiro atoms. The number of aryl methyl sites for hydroxylation is 1. The summed E-state index contributed by atoms with van der Waals surface area (Å²) in [6.45, 7) is 16.3. The Hall–Kier alpha value is -2.91. The van der Waals surface area contributed by atoms with Crippen molar-refractivity contribution in [2.24, 2.45) is 0 Å². The highest BCUT2D eigenvalue weighted by molar-refractivity contribution is 6.41. The molecule has 0 aromatic carbocycles. The average Bonchev–Trinajstić information content (AvgIpc) is 2.79. The molecule has 0 bridgehead atoms. The molecule has 204 valence electrons. The molecule has 4 rings (SSSR count). The molecule has 1 amide bonds. The molecule has 1 aliphatic rings. The van der Waals surface area contributed by atoms with Crippen molar-refractivity contribution in [3.05, 3.63) is 50.2 Å². The van der Waals surface area contributed by atoms with Gasteiger partial charge in [0, 0.05) is 31.4 Å². The molecule has 1 aliphatic heterocycles. The van der Waals surface area contributed by atoms with Gasteiger partial charge in [-0.2, -0.15) is 4.98 Å². The molecular weight excluding hydrogens is 527 g/mol. The van der Waals surface area contributed by atoms with Crippen LogP contribution in [-0.2, 0) is 4.74 Å². The number of piperazine rings is 1. The first-order valence-corrected chi connectivity index (χ1v) is 13.5. The number of pyridine rings is 2. The van der Waals surface area contributed by atoms with Crippen LogP contribution in [0.1, 0.15) is 65.6 Å². The fraction of sp³-hybridized carbons (Fsp3) is 0.519. The van der Waals surface area contributed by atoms with E-state index in [1.807, 2.05) is 66.4 Å². The lowest BCUT2D eigenvalue weighted by Gasteiger charge is -2.45. The van der Waals surface area contributed by atoms with E-state index >= 15 is 0 Å². The number of anilines is 1. The Morgan fingerprint density at radius 3 is 2.34 bits per heavy atom. The number of hydrogen-bond donors (Lipinski definition) is 0. The fourth-order valence-electron chi connectivity index (χ4n) is 4.98. The van der Waals surface area contributed by atoms with Crippen LogP contribution in [0.2, 0.25) is 10.2 Å². The maximum absolute atomic E-state index is 13.8. The highest BCUT2D eigenvalue weighted by Gasteiger charge is 2.36. The van der Waals surface area contributed by atoms with Crippen LogP contribution in [0.3, 0.4) is 0 Å². The van der Waals surface area contributed by atoms with E-state index in [4.69, 9.17) is 27.9 Å². The van der Waals surface area contributed by atoms with E-state index in [1.54, 1.807) is 17.2 Å². The zero-order valence-corrected chi connectivity index (χ0v) is 24.6. The van der Waals surface area contributed by atoms with Gasteiger partial charge in [-0.05, 0) is 65.2 Å². The van der Waals surface area contributed by atoms with Gasteiger partial charge in [0.1, 0.15) is 16.6 Å². The molecule has 2 atom stereocenters. The van der Waals surface area contributed by atoms with Crippen LogP contribution in [0.25, 0.3) is 16.7 Å². The van der Waals surface area contributed by atoms with Crippen molar-refractivity contribution in [2.45, 2.75) is 79.0 Å². The Bertz CT molecular complexity index is 1440. The first-order chi connectivity index (χ1) is 17.7. The van der Waals surface area contributed by atoms with E-state index in [0.29, 0.717) is 35.6 Å².